The van der Waals surface area contributed by atoms with Gasteiger partial charge in [0.2, 0.25) is 0 Å². The summed E-state index contributed by atoms with van der Waals surface area (Å²) in [6, 6.07) is 17.7. The summed E-state index contributed by atoms with van der Waals surface area (Å²) in [4.78, 5) is 0. The van der Waals surface area contributed by atoms with Gasteiger partial charge >= 0.3 is 0 Å². The number of hydrogen-bond donors (Lipinski definition) is 0. The van der Waals surface area contributed by atoms with Crippen molar-refractivity contribution in [2.45, 2.75) is 58.3 Å². The van der Waals surface area contributed by atoms with E-state index in [9.17, 15) is 0 Å². The van der Waals surface area contributed by atoms with Gasteiger partial charge in [-0.05, 0) is 40.3 Å². The Morgan fingerprint density at radius 3 is 2.10 bits per heavy atom. The Hall–Kier alpha value is -2.60. The van der Waals surface area contributed by atoms with Crippen molar-refractivity contribution in [1.29, 1.82) is 0 Å². The molecule has 0 fully saturated rings. The Labute approximate surface area is 176 Å². The summed E-state index contributed by atoms with van der Waals surface area (Å²) in [5.41, 5.74) is 10.2. The summed E-state index contributed by atoms with van der Waals surface area (Å²) in [6.45, 7) is 13.9. The Bertz CT molecular complexity index is 1070. The van der Waals surface area contributed by atoms with E-state index in [0.29, 0.717) is 5.92 Å². The molecule has 2 aromatic carbocycles. The fourth-order valence-corrected chi connectivity index (χ4v) is 5.48. The summed E-state index contributed by atoms with van der Waals surface area (Å²) in [5.74, 6) is 0.475. The molecule has 2 aliphatic rings. The fourth-order valence-electron chi connectivity index (χ4n) is 5.48. The van der Waals surface area contributed by atoms with Gasteiger partial charge in [-0.2, -0.15) is 0 Å². The van der Waals surface area contributed by atoms with Gasteiger partial charge in [0.1, 0.15) is 0 Å². The average Bonchev–Trinajstić information content (AvgIpc) is 3.02. The highest BCUT2D eigenvalue weighted by Crippen LogP contribution is 2.49. The summed E-state index contributed by atoms with van der Waals surface area (Å²) >= 11 is 0. The Morgan fingerprint density at radius 2 is 1.41 bits per heavy atom. The largest absolute Gasteiger partial charge is 0.0623 e. The average molecular weight is 381 g/mol. The first-order valence-corrected chi connectivity index (χ1v) is 10.7. The van der Waals surface area contributed by atoms with E-state index in [0.717, 1.165) is 0 Å². The molecule has 0 spiro atoms. The van der Waals surface area contributed by atoms with Gasteiger partial charge in [-0.3, -0.25) is 0 Å². The zero-order chi connectivity index (χ0) is 20.8. The van der Waals surface area contributed by atoms with Gasteiger partial charge in [0.05, 0.1) is 0 Å². The van der Waals surface area contributed by atoms with E-state index in [4.69, 9.17) is 0 Å². The van der Waals surface area contributed by atoms with Crippen molar-refractivity contribution in [1.82, 2.24) is 0 Å². The number of hydrogen-bond acceptors (Lipinski definition) is 0. The second-order valence-corrected chi connectivity index (χ2v) is 9.51. The highest BCUT2D eigenvalue weighted by Gasteiger charge is 2.38. The first kappa shape index (κ1) is 19.7. The minimum absolute atomic E-state index is 0.0626. The van der Waals surface area contributed by atoms with Crippen LogP contribution in [-0.4, -0.2) is 0 Å². The van der Waals surface area contributed by atoms with Crippen molar-refractivity contribution in [3.8, 4) is 0 Å². The standard InChI is InChI=1S/C29H32/c1-20-22-14-10-12-18-26(22)28(3,4)24(20)16-8-7-9-17-25-21(2)23-15-11-13-19-27(23)29(25,5)6/h7-20H,1-6H3. The van der Waals surface area contributed by atoms with E-state index >= 15 is 0 Å². The predicted molar refractivity (Wildman–Crippen MR) is 126 cm³/mol. The number of allylic oxidation sites excluding steroid dienone is 8. The quantitative estimate of drug-likeness (QED) is 0.475. The molecule has 2 aliphatic carbocycles. The van der Waals surface area contributed by atoms with E-state index in [-0.39, 0.29) is 10.8 Å². The molecule has 148 valence electrons. The monoisotopic (exact) mass is 380 g/mol. The molecular formula is C29H32. The maximum atomic E-state index is 2.34. The normalized spacial score (nSPS) is 23.4. The molecule has 0 aliphatic heterocycles. The minimum Gasteiger partial charge on any atom is -0.0623 e. The molecule has 0 bridgehead atoms. The Kier molecular flexibility index (Phi) is 4.77. The van der Waals surface area contributed by atoms with Gasteiger partial charge in [-0.1, -0.05) is 119 Å². The topological polar surface area (TPSA) is 0 Å². The molecule has 29 heavy (non-hydrogen) atoms. The molecule has 0 saturated carbocycles. The second kappa shape index (κ2) is 7.02. The molecule has 0 radical (unpaired) electrons. The third kappa shape index (κ3) is 3.06. The minimum atomic E-state index is 0.0626. The van der Waals surface area contributed by atoms with Crippen LogP contribution in [0.1, 0.15) is 69.7 Å². The first-order chi connectivity index (χ1) is 13.8. The maximum Gasteiger partial charge on any atom is 0.0155 e. The van der Waals surface area contributed by atoms with Crippen molar-refractivity contribution in [2.24, 2.45) is 0 Å². The summed E-state index contributed by atoms with van der Waals surface area (Å²) in [6.07, 6.45) is 11.2. The zero-order valence-corrected chi connectivity index (χ0v) is 18.6. The Balaban J connectivity index is 1.56. The van der Waals surface area contributed by atoms with Crippen LogP contribution in [0.15, 0.2) is 90.1 Å². The van der Waals surface area contributed by atoms with Crippen LogP contribution in [0.5, 0.6) is 0 Å². The van der Waals surface area contributed by atoms with Crippen LogP contribution in [0.2, 0.25) is 0 Å². The number of fused-ring (bicyclic) bond motifs is 2. The fraction of sp³-hybridized carbons (Fsp3) is 0.310. The molecule has 0 amide bonds. The van der Waals surface area contributed by atoms with Crippen molar-refractivity contribution < 1.29 is 0 Å². The van der Waals surface area contributed by atoms with Crippen LogP contribution >= 0.6 is 0 Å². The van der Waals surface area contributed by atoms with Gasteiger partial charge in [-0.25, -0.2) is 0 Å². The van der Waals surface area contributed by atoms with E-state index in [1.807, 2.05) is 0 Å². The van der Waals surface area contributed by atoms with Crippen LogP contribution in [0.3, 0.4) is 0 Å². The van der Waals surface area contributed by atoms with E-state index in [2.05, 4.69) is 120 Å². The number of rotatable bonds is 3. The van der Waals surface area contributed by atoms with Crippen LogP contribution < -0.4 is 0 Å². The molecule has 0 nitrogen and oxygen atoms in total. The molecule has 2 aromatic rings. The van der Waals surface area contributed by atoms with E-state index < -0.39 is 0 Å². The third-order valence-electron chi connectivity index (χ3n) is 7.13. The van der Waals surface area contributed by atoms with Crippen LogP contribution in [0, 0.1) is 0 Å². The van der Waals surface area contributed by atoms with E-state index in [1.165, 1.54) is 39.0 Å². The second-order valence-electron chi connectivity index (χ2n) is 9.51. The van der Waals surface area contributed by atoms with Crippen molar-refractivity contribution in [3.63, 3.8) is 0 Å². The Morgan fingerprint density at radius 1 is 0.759 bits per heavy atom. The van der Waals surface area contributed by atoms with Gasteiger partial charge < -0.3 is 0 Å². The molecule has 1 atom stereocenters. The summed E-state index contributed by atoms with van der Waals surface area (Å²) in [5, 5.41) is 0. The number of benzene rings is 2. The molecule has 0 N–H and O–H groups in total. The van der Waals surface area contributed by atoms with Gasteiger partial charge in [0.25, 0.3) is 0 Å². The third-order valence-corrected chi connectivity index (χ3v) is 7.13. The predicted octanol–water partition coefficient (Wildman–Crippen LogP) is 7.89. The molecule has 0 aromatic heterocycles. The van der Waals surface area contributed by atoms with Crippen LogP contribution in [0.25, 0.3) is 5.57 Å². The van der Waals surface area contributed by atoms with Crippen molar-refractivity contribution in [3.05, 3.63) is 112 Å². The van der Waals surface area contributed by atoms with Gasteiger partial charge in [0, 0.05) is 16.7 Å². The van der Waals surface area contributed by atoms with E-state index in [1.54, 1.807) is 0 Å². The SMILES string of the molecule is CC1=C(C=CC=CC=C2C(C)c3ccccc3C2(C)C)C(C)(C)c2ccccc21. The highest BCUT2D eigenvalue weighted by atomic mass is 14.4. The summed E-state index contributed by atoms with van der Waals surface area (Å²) < 4.78 is 0. The molecule has 0 heteroatoms. The summed E-state index contributed by atoms with van der Waals surface area (Å²) in [7, 11) is 0. The molecule has 0 heterocycles. The molecule has 4 rings (SSSR count). The van der Waals surface area contributed by atoms with Crippen LogP contribution in [-0.2, 0) is 10.8 Å². The van der Waals surface area contributed by atoms with Crippen molar-refractivity contribution >= 4 is 5.57 Å². The van der Waals surface area contributed by atoms with Crippen molar-refractivity contribution in [2.75, 3.05) is 0 Å². The smallest absolute Gasteiger partial charge is 0.0155 e. The molecule has 0 saturated heterocycles. The molecule has 1 unspecified atom stereocenters. The lowest BCUT2D eigenvalue weighted by Gasteiger charge is -2.23. The van der Waals surface area contributed by atoms with Gasteiger partial charge in [-0.15, -0.1) is 0 Å². The highest BCUT2D eigenvalue weighted by molar-refractivity contribution is 5.81. The lowest BCUT2D eigenvalue weighted by Crippen LogP contribution is -2.16. The maximum absolute atomic E-state index is 2.34. The first-order valence-electron chi connectivity index (χ1n) is 10.7. The zero-order valence-electron chi connectivity index (χ0n) is 18.6. The molecular weight excluding hydrogens is 348 g/mol. The lowest BCUT2D eigenvalue weighted by molar-refractivity contribution is 0.626. The van der Waals surface area contributed by atoms with Crippen LogP contribution in [0.4, 0.5) is 0 Å². The lowest BCUT2D eigenvalue weighted by atomic mass is 9.81. The van der Waals surface area contributed by atoms with Gasteiger partial charge in [0.15, 0.2) is 0 Å².